The molecule has 1 unspecified atom stereocenters. The van der Waals surface area contributed by atoms with Gasteiger partial charge in [-0.3, -0.25) is 9.79 Å². The maximum atomic E-state index is 12.2. The van der Waals surface area contributed by atoms with Gasteiger partial charge in [0.2, 0.25) is 5.91 Å². The molecule has 31 heavy (non-hydrogen) atoms. The van der Waals surface area contributed by atoms with E-state index in [4.69, 9.17) is 4.99 Å². The highest BCUT2D eigenvalue weighted by Crippen LogP contribution is 2.13. The number of amides is 1. The SMILES string of the molecule is CCNC(=NCCc1nccn1Cc1ccccc1)NC1CCN(C(=O)C(C)C)C1.I. The van der Waals surface area contributed by atoms with Gasteiger partial charge in [-0.05, 0) is 18.9 Å². The van der Waals surface area contributed by atoms with Gasteiger partial charge < -0.3 is 20.1 Å². The number of likely N-dealkylation sites (tertiary alicyclic amines) is 1. The van der Waals surface area contributed by atoms with E-state index in [0.717, 1.165) is 50.8 Å². The molecular formula is C23H35IN6O. The first-order chi connectivity index (χ1) is 14.6. The van der Waals surface area contributed by atoms with Gasteiger partial charge in [0.05, 0.1) is 0 Å². The second-order valence-corrected chi connectivity index (χ2v) is 8.04. The minimum atomic E-state index is 0. The second kappa shape index (κ2) is 12.7. The van der Waals surface area contributed by atoms with Crippen molar-refractivity contribution < 1.29 is 4.79 Å². The molecule has 1 saturated heterocycles. The maximum absolute atomic E-state index is 12.2. The van der Waals surface area contributed by atoms with Crippen LogP contribution in [0.15, 0.2) is 47.7 Å². The fourth-order valence-electron chi connectivity index (χ4n) is 3.72. The highest BCUT2D eigenvalue weighted by atomic mass is 127. The average molecular weight is 538 g/mol. The van der Waals surface area contributed by atoms with Gasteiger partial charge in [0.1, 0.15) is 5.82 Å². The number of benzene rings is 1. The molecule has 1 aromatic heterocycles. The number of aromatic nitrogens is 2. The molecule has 2 aromatic rings. The summed E-state index contributed by atoms with van der Waals surface area (Å²) in [5.41, 5.74) is 1.26. The summed E-state index contributed by atoms with van der Waals surface area (Å²) in [5, 5.41) is 6.81. The number of nitrogens with one attached hydrogen (secondary N) is 2. The fourth-order valence-corrected chi connectivity index (χ4v) is 3.72. The highest BCUT2D eigenvalue weighted by molar-refractivity contribution is 14.0. The van der Waals surface area contributed by atoms with Crippen LogP contribution in [0.4, 0.5) is 0 Å². The van der Waals surface area contributed by atoms with Crippen LogP contribution in [0, 0.1) is 5.92 Å². The molecule has 1 amide bonds. The third-order valence-electron chi connectivity index (χ3n) is 5.28. The van der Waals surface area contributed by atoms with Gasteiger partial charge in [-0.25, -0.2) is 4.98 Å². The maximum Gasteiger partial charge on any atom is 0.225 e. The van der Waals surface area contributed by atoms with Crippen molar-refractivity contribution in [3.8, 4) is 0 Å². The normalized spacial score (nSPS) is 16.3. The Kier molecular flexibility index (Phi) is 10.3. The smallest absolute Gasteiger partial charge is 0.225 e. The minimum absolute atomic E-state index is 0. The van der Waals surface area contributed by atoms with Crippen molar-refractivity contribution in [1.29, 1.82) is 0 Å². The van der Waals surface area contributed by atoms with Crippen LogP contribution in [0.25, 0.3) is 0 Å². The predicted molar refractivity (Wildman–Crippen MR) is 136 cm³/mol. The summed E-state index contributed by atoms with van der Waals surface area (Å²) in [5.74, 6) is 2.12. The lowest BCUT2D eigenvalue weighted by atomic mass is 10.2. The Bertz CT molecular complexity index is 836. The van der Waals surface area contributed by atoms with Crippen LogP contribution >= 0.6 is 24.0 Å². The van der Waals surface area contributed by atoms with Crippen LogP contribution in [0.1, 0.15) is 38.6 Å². The van der Waals surface area contributed by atoms with Gasteiger partial charge in [0.15, 0.2) is 5.96 Å². The van der Waals surface area contributed by atoms with Gasteiger partial charge >= 0.3 is 0 Å². The molecular weight excluding hydrogens is 503 g/mol. The van der Waals surface area contributed by atoms with Crippen molar-refractivity contribution in [2.75, 3.05) is 26.2 Å². The van der Waals surface area contributed by atoms with Crippen LogP contribution in [-0.4, -0.2) is 58.5 Å². The lowest BCUT2D eigenvalue weighted by Crippen LogP contribution is -2.45. The Morgan fingerprint density at radius 3 is 2.77 bits per heavy atom. The van der Waals surface area contributed by atoms with Gasteiger partial charge in [0, 0.05) is 63.5 Å². The molecule has 2 N–H and O–H groups in total. The monoisotopic (exact) mass is 538 g/mol. The van der Waals surface area contributed by atoms with Gasteiger partial charge in [-0.15, -0.1) is 24.0 Å². The highest BCUT2D eigenvalue weighted by Gasteiger charge is 2.27. The molecule has 2 heterocycles. The Morgan fingerprint density at radius 2 is 2.06 bits per heavy atom. The Hall–Kier alpha value is -2.10. The van der Waals surface area contributed by atoms with E-state index in [0.29, 0.717) is 6.54 Å². The van der Waals surface area contributed by atoms with E-state index in [9.17, 15) is 4.79 Å². The van der Waals surface area contributed by atoms with E-state index in [1.807, 2.05) is 37.2 Å². The molecule has 0 bridgehead atoms. The Labute approximate surface area is 202 Å². The molecule has 1 aromatic carbocycles. The molecule has 1 aliphatic heterocycles. The first-order valence-electron chi connectivity index (χ1n) is 10.9. The first-order valence-corrected chi connectivity index (χ1v) is 10.9. The summed E-state index contributed by atoms with van der Waals surface area (Å²) in [7, 11) is 0. The van der Waals surface area contributed by atoms with E-state index in [1.165, 1.54) is 5.56 Å². The largest absolute Gasteiger partial charge is 0.357 e. The number of guanidine groups is 1. The average Bonchev–Trinajstić information content (AvgIpc) is 3.38. The van der Waals surface area contributed by atoms with Crippen molar-refractivity contribution in [2.45, 2.75) is 46.2 Å². The third kappa shape index (κ3) is 7.52. The zero-order valence-electron chi connectivity index (χ0n) is 18.8. The number of hydrogen-bond acceptors (Lipinski definition) is 3. The number of aliphatic imine (C=N–C) groups is 1. The fraction of sp³-hybridized carbons (Fsp3) is 0.522. The zero-order chi connectivity index (χ0) is 21.3. The van der Waals surface area contributed by atoms with Gasteiger partial charge in [-0.1, -0.05) is 44.2 Å². The predicted octanol–water partition coefficient (Wildman–Crippen LogP) is 2.90. The molecule has 170 valence electrons. The summed E-state index contributed by atoms with van der Waals surface area (Å²) in [6.07, 6.45) is 5.60. The number of carbonyl (C=O) groups is 1. The van der Waals surface area contributed by atoms with E-state index in [2.05, 4.69) is 51.4 Å². The lowest BCUT2D eigenvalue weighted by molar-refractivity contribution is -0.133. The van der Waals surface area contributed by atoms with Crippen LogP contribution < -0.4 is 10.6 Å². The number of halogens is 1. The third-order valence-corrected chi connectivity index (χ3v) is 5.28. The minimum Gasteiger partial charge on any atom is -0.357 e. The zero-order valence-corrected chi connectivity index (χ0v) is 21.1. The molecule has 0 saturated carbocycles. The topological polar surface area (TPSA) is 74.6 Å². The summed E-state index contributed by atoms with van der Waals surface area (Å²) in [6.45, 7) is 9.80. The second-order valence-electron chi connectivity index (χ2n) is 8.04. The Balaban J connectivity index is 0.00000341. The number of rotatable bonds is 8. The van der Waals surface area contributed by atoms with Crippen LogP contribution in [0.5, 0.6) is 0 Å². The van der Waals surface area contributed by atoms with E-state index >= 15 is 0 Å². The summed E-state index contributed by atoms with van der Waals surface area (Å²) < 4.78 is 2.18. The van der Waals surface area contributed by atoms with Crippen molar-refractivity contribution >= 4 is 35.8 Å². The molecule has 0 spiro atoms. The number of nitrogens with zero attached hydrogens (tertiary/aromatic N) is 4. The number of imidazole rings is 1. The van der Waals surface area contributed by atoms with Crippen molar-refractivity contribution in [3.05, 3.63) is 54.1 Å². The van der Waals surface area contributed by atoms with Crippen LogP contribution in [0.2, 0.25) is 0 Å². The molecule has 7 nitrogen and oxygen atoms in total. The summed E-state index contributed by atoms with van der Waals surface area (Å²) in [6, 6.07) is 10.6. The lowest BCUT2D eigenvalue weighted by Gasteiger charge is -2.20. The van der Waals surface area contributed by atoms with Crippen molar-refractivity contribution in [1.82, 2.24) is 25.1 Å². The van der Waals surface area contributed by atoms with Crippen molar-refractivity contribution in [2.24, 2.45) is 10.9 Å². The van der Waals surface area contributed by atoms with Crippen molar-refractivity contribution in [3.63, 3.8) is 0 Å². The van der Waals surface area contributed by atoms with Crippen LogP contribution in [-0.2, 0) is 17.8 Å². The van der Waals surface area contributed by atoms with Gasteiger partial charge in [0.25, 0.3) is 0 Å². The molecule has 8 heteroatoms. The van der Waals surface area contributed by atoms with Gasteiger partial charge in [-0.2, -0.15) is 0 Å². The van der Waals surface area contributed by atoms with E-state index < -0.39 is 0 Å². The molecule has 0 radical (unpaired) electrons. The number of hydrogen-bond donors (Lipinski definition) is 2. The summed E-state index contributed by atoms with van der Waals surface area (Å²) >= 11 is 0. The molecule has 3 rings (SSSR count). The summed E-state index contributed by atoms with van der Waals surface area (Å²) in [4.78, 5) is 23.4. The Morgan fingerprint density at radius 1 is 1.29 bits per heavy atom. The van der Waals surface area contributed by atoms with E-state index in [1.54, 1.807) is 0 Å². The van der Waals surface area contributed by atoms with E-state index in [-0.39, 0.29) is 41.8 Å². The molecule has 0 aliphatic carbocycles. The van der Waals surface area contributed by atoms with Crippen LogP contribution in [0.3, 0.4) is 0 Å². The first kappa shape index (κ1) is 25.2. The molecule has 1 fully saturated rings. The number of carbonyl (C=O) groups excluding carboxylic acids is 1. The standard InChI is InChI=1S/C23H34N6O.HI/c1-4-24-23(27-20-11-14-29(17-20)22(30)18(2)3)26-12-10-21-25-13-15-28(21)16-19-8-6-5-7-9-19;/h5-9,13,15,18,20H,4,10-12,14,16-17H2,1-3H3,(H2,24,26,27);1H. The quantitative estimate of drug-likeness (QED) is 0.308. The molecule has 1 aliphatic rings. The molecule has 1 atom stereocenters.